The molecular weight excluding hydrogens is 369 g/mol. The third-order valence-electron chi connectivity index (χ3n) is 4.52. The number of hydrogen-bond donors (Lipinski definition) is 1. The monoisotopic (exact) mass is 391 g/mol. The summed E-state index contributed by atoms with van der Waals surface area (Å²) in [6.45, 7) is 1.19. The maximum absolute atomic E-state index is 14.3. The van der Waals surface area contributed by atoms with Gasteiger partial charge in [0, 0.05) is 20.1 Å². The summed E-state index contributed by atoms with van der Waals surface area (Å²) in [6.07, 6.45) is 2.03. The predicted octanol–water partition coefficient (Wildman–Crippen LogP) is 2.69. The highest BCUT2D eigenvalue weighted by Crippen LogP contribution is 2.31. The smallest absolute Gasteiger partial charge is 0.243 e. The van der Waals surface area contributed by atoms with Crippen molar-refractivity contribution in [3.63, 3.8) is 0 Å². The molecule has 2 aromatic carbocycles. The molecular formula is C19H22FN3O3S. The topological polar surface area (TPSA) is 69.7 Å². The Bertz CT molecular complexity index is 913. The van der Waals surface area contributed by atoms with E-state index in [0.717, 1.165) is 30.2 Å². The van der Waals surface area contributed by atoms with Gasteiger partial charge in [0.25, 0.3) is 0 Å². The third-order valence-corrected chi connectivity index (χ3v) is 6.34. The van der Waals surface area contributed by atoms with Crippen LogP contribution >= 0.6 is 0 Å². The molecule has 0 aliphatic carbocycles. The fourth-order valence-corrected chi connectivity index (χ4v) is 4.24. The lowest BCUT2D eigenvalue weighted by molar-refractivity contribution is -0.116. The van der Waals surface area contributed by atoms with Gasteiger partial charge in [-0.1, -0.05) is 24.3 Å². The summed E-state index contributed by atoms with van der Waals surface area (Å²) in [5.74, 6) is -1.14. The standard InChI is InChI=1S/C19H22FN3O3S/c1-22(27(25,26)15-8-3-2-4-9-15)14-18(24)21-19-16(20)10-7-11-17(19)23-12-5-6-13-23/h2-4,7-11H,5-6,12-14H2,1H3,(H,21,24). The molecule has 1 aliphatic heterocycles. The van der Waals surface area contributed by atoms with Crippen LogP contribution in [0.4, 0.5) is 15.8 Å². The maximum Gasteiger partial charge on any atom is 0.243 e. The molecule has 1 N–H and O–H groups in total. The molecule has 0 saturated carbocycles. The first-order chi connectivity index (χ1) is 12.9. The van der Waals surface area contributed by atoms with Crippen LogP contribution in [0, 0.1) is 5.82 Å². The van der Waals surface area contributed by atoms with Crippen LogP contribution in [0.1, 0.15) is 12.8 Å². The lowest BCUT2D eigenvalue weighted by atomic mass is 10.2. The molecule has 1 amide bonds. The van der Waals surface area contributed by atoms with Crippen molar-refractivity contribution in [1.29, 1.82) is 0 Å². The summed E-state index contributed by atoms with van der Waals surface area (Å²) < 4.78 is 40.3. The highest BCUT2D eigenvalue weighted by Gasteiger charge is 2.24. The van der Waals surface area contributed by atoms with Gasteiger partial charge in [-0.15, -0.1) is 0 Å². The number of carbonyl (C=O) groups is 1. The van der Waals surface area contributed by atoms with E-state index in [0.29, 0.717) is 5.69 Å². The molecule has 0 aromatic heterocycles. The minimum atomic E-state index is -3.79. The van der Waals surface area contributed by atoms with E-state index < -0.39 is 28.3 Å². The van der Waals surface area contributed by atoms with Gasteiger partial charge in [0.2, 0.25) is 15.9 Å². The molecule has 0 radical (unpaired) electrons. The van der Waals surface area contributed by atoms with E-state index in [-0.39, 0.29) is 10.6 Å². The first kappa shape index (κ1) is 19.3. The number of hydrogen-bond acceptors (Lipinski definition) is 4. The predicted molar refractivity (Wildman–Crippen MR) is 103 cm³/mol. The quantitative estimate of drug-likeness (QED) is 0.822. The lowest BCUT2D eigenvalue weighted by Crippen LogP contribution is -2.35. The Morgan fingerprint density at radius 1 is 1.11 bits per heavy atom. The van der Waals surface area contributed by atoms with Gasteiger partial charge in [-0.2, -0.15) is 4.31 Å². The maximum atomic E-state index is 14.3. The highest BCUT2D eigenvalue weighted by atomic mass is 32.2. The molecule has 1 heterocycles. The third kappa shape index (κ3) is 4.28. The molecule has 0 unspecified atom stereocenters. The second kappa shape index (κ2) is 8.06. The largest absolute Gasteiger partial charge is 0.370 e. The van der Waals surface area contributed by atoms with Crippen molar-refractivity contribution in [2.45, 2.75) is 17.7 Å². The van der Waals surface area contributed by atoms with Crippen LogP contribution < -0.4 is 10.2 Å². The van der Waals surface area contributed by atoms with Crippen molar-refractivity contribution in [3.8, 4) is 0 Å². The lowest BCUT2D eigenvalue weighted by Gasteiger charge is -2.23. The summed E-state index contributed by atoms with van der Waals surface area (Å²) >= 11 is 0. The molecule has 0 atom stereocenters. The molecule has 1 aliphatic rings. The zero-order chi connectivity index (χ0) is 19.4. The molecule has 2 aromatic rings. The number of halogens is 1. The van der Waals surface area contributed by atoms with Crippen LogP contribution in [0.3, 0.4) is 0 Å². The van der Waals surface area contributed by atoms with E-state index in [1.807, 2.05) is 4.90 Å². The first-order valence-corrected chi connectivity index (χ1v) is 10.2. The molecule has 1 fully saturated rings. The summed E-state index contributed by atoms with van der Waals surface area (Å²) in [6, 6.07) is 12.5. The molecule has 0 bridgehead atoms. The van der Waals surface area contributed by atoms with E-state index in [1.54, 1.807) is 30.3 Å². The molecule has 8 heteroatoms. The van der Waals surface area contributed by atoms with Gasteiger partial charge in [0.05, 0.1) is 17.1 Å². The van der Waals surface area contributed by atoms with Gasteiger partial charge in [0.15, 0.2) is 0 Å². The second-order valence-electron chi connectivity index (χ2n) is 6.45. The summed E-state index contributed by atoms with van der Waals surface area (Å²) in [4.78, 5) is 14.5. The van der Waals surface area contributed by atoms with Crippen LogP contribution in [-0.4, -0.2) is 45.3 Å². The zero-order valence-electron chi connectivity index (χ0n) is 15.1. The fraction of sp³-hybridized carbons (Fsp3) is 0.316. The van der Waals surface area contributed by atoms with Crippen molar-refractivity contribution in [3.05, 3.63) is 54.3 Å². The Morgan fingerprint density at radius 2 is 1.78 bits per heavy atom. The average molecular weight is 391 g/mol. The first-order valence-electron chi connectivity index (χ1n) is 8.74. The minimum absolute atomic E-state index is 0.0925. The molecule has 1 saturated heterocycles. The van der Waals surface area contributed by atoms with Gasteiger partial charge in [-0.3, -0.25) is 4.79 Å². The number of rotatable bonds is 6. The number of nitrogens with zero attached hydrogens (tertiary/aromatic N) is 2. The van der Waals surface area contributed by atoms with Crippen molar-refractivity contribution in [2.75, 3.05) is 36.9 Å². The van der Waals surface area contributed by atoms with Crippen molar-refractivity contribution < 1.29 is 17.6 Å². The van der Waals surface area contributed by atoms with Gasteiger partial charge in [-0.05, 0) is 37.1 Å². The molecule has 3 rings (SSSR count). The van der Waals surface area contributed by atoms with Gasteiger partial charge in [0.1, 0.15) is 11.5 Å². The van der Waals surface area contributed by atoms with E-state index in [1.165, 1.54) is 25.2 Å². The number of anilines is 2. The Morgan fingerprint density at radius 3 is 2.44 bits per heavy atom. The summed E-state index contributed by atoms with van der Waals surface area (Å²) in [7, 11) is -2.47. The average Bonchev–Trinajstić information content (AvgIpc) is 3.18. The second-order valence-corrected chi connectivity index (χ2v) is 8.50. The van der Waals surface area contributed by atoms with Crippen LogP contribution in [0.15, 0.2) is 53.4 Å². The van der Waals surface area contributed by atoms with Crippen molar-refractivity contribution in [1.82, 2.24) is 4.31 Å². The van der Waals surface area contributed by atoms with Crippen molar-refractivity contribution >= 4 is 27.3 Å². The number of amides is 1. The van der Waals surface area contributed by atoms with Crippen LogP contribution in [0.2, 0.25) is 0 Å². The Kier molecular flexibility index (Phi) is 5.76. The van der Waals surface area contributed by atoms with Crippen LogP contribution in [0.5, 0.6) is 0 Å². The Hall–Kier alpha value is -2.45. The normalized spacial score (nSPS) is 14.6. The fourth-order valence-electron chi connectivity index (χ4n) is 3.10. The van der Waals surface area contributed by atoms with Gasteiger partial charge < -0.3 is 10.2 Å². The van der Waals surface area contributed by atoms with E-state index in [2.05, 4.69) is 5.32 Å². The summed E-state index contributed by atoms with van der Waals surface area (Å²) in [5.41, 5.74) is 0.712. The van der Waals surface area contributed by atoms with Gasteiger partial charge in [-0.25, -0.2) is 12.8 Å². The highest BCUT2D eigenvalue weighted by molar-refractivity contribution is 7.89. The van der Waals surface area contributed by atoms with E-state index in [9.17, 15) is 17.6 Å². The summed E-state index contributed by atoms with van der Waals surface area (Å²) in [5, 5.41) is 2.55. The van der Waals surface area contributed by atoms with Crippen LogP contribution in [-0.2, 0) is 14.8 Å². The molecule has 6 nitrogen and oxygen atoms in total. The van der Waals surface area contributed by atoms with E-state index >= 15 is 0 Å². The van der Waals surface area contributed by atoms with Crippen LogP contribution in [0.25, 0.3) is 0 Å². The number of sulfonamides is 1. The van der Waals surface area contributed by atoms with E-state index in [4.69, 9.17) is 0 Å². The molecule has 27 heavy (non-hydrogen) atoms. The number of likely N-dealkylation sites (N-methyl/N-ethyl adjacent to an activating group) is 1. The SMILES string of the molecule is CN(CC(=O)Nc1c(F)cccc1N1CCCC1)S(=O)(=O)c1ccccc1. The van der Waals surface area contributed by atoms with Gasteiger partial charge >= 0.3 is 0 Å². The van der Waals surface area contributed by atoms with Crippen molar-refractivity contribution in [2.24, 2.45) is 0 Å². The minimum Gasteiger partial charge on any atom is -0.370 e. The number of carbonyl (C=O) groups excluding carboxylic acids is 1. The number of para-hydroxylation sites is 1. The number of nitrogens with one attached hydrogen (secondary N) is 1. The molecule has 0 spiro atoms. The Labute approximate surface area is 158 Å². The molecule has 144 valence electrons. The number of benzene rings is 2. The zero-order valence-corrected chi connectivity index (χ0v) is 15.9. The Balaban J connectivity index is 1.75.